The predicted molar refractivity (Wildman–Crippen MR) is 113 cm³/mol. The van der Waals surface area contributed by atoms with E-state index < -0.39 is 10.0 Å². The molecule has 0 saturated carbocycles. The zero-order valence-corrected chi connectivity index (χ0v) is 17.8. The predicted octanol–water partition coefficient (Wildman–Crippen LogP) is 5.73. The molecule has 2 aromatic carbocycles. The zero-order chi connectivity index (χ0) is 19.6. The van der Waals surface area contributed by atoms with Crippen molar-refractivity contribution in [2.75, 3.05) is 6.54 Å². The van der Waals surface area contributed by atoms with Crippen LogP contribution in [-0.4, -0.2) is 25.3 Å². The molecule has 1 aliphatic carbocycles. The third kappa shape index (κ3) is 4.24. The average molecular weight is 424 g/mol. The van der Waals surface area contributed by atoms with Crippen molar-refractivity contribution < 1.29 is 8.42 Å². The highest BCUT2D eigenvalue weighted by Crippen LogP contribution is 2.35. The molecule has 1 unspecified atom stereocenters. The van der Waals surface area contributed by atoms with Crippen LogP contribution in [0.25, 0.3) is 5.03 Å². The fourth-order valence-corrected chi connectivity index (χ4v) is 5.46. The maximum atomic E-state index is 13.3. The van der Waals surface area contributed by atoms with Gasteiger partial charge in [0.1, 0.15) is 0 Å². The van der Waals surface area contributed by atoms with E-state index in [1.165, 1.54) is 5.56 Å². The molecule has 0 spiro atoms. The van der Waals surface area contributed by atoms with Crippen molar-refractivity contribution in [1.29, 1.82) is 0 Å². The fraction of sp³-hybridized carbons (Fsp3) is 0.333. The maximum absolute atomic E-state index is 13.3. The van der Waals surface area contributed by atoms with Gasteiger partial charge in [0.25, 0.3) is 0 Å². The maximum Gasteiger partial charge on any atom is 0.243 e. The summed E-state index contributed by atoms with van der Waals surface area (Å²) in [5.74, 6) is 0. The molecule has 27 heavy (non-hydrogen) atoms. The fourth-order valence-electron chi connectivity index (χ4n) is 3.30. The van der Waals surface area contributed by atoms with Crippen molar-refractivity contribution in [3.05, 3.63) is 70.3 Å². The van der Waals surface area contributed by atoms with Crippen LogP contribution in [0.2, 0.25) is 5.02 Å². The van der Waals surface area contributed by atoms with E-state index in [9.17, 15) is 8.42 Å². The number of fused-ring (bicyclic) bond motifs is 1. The Balaban J connectivity index is 1.98. The first kappa shape index (κ1) is 20.4. The number of hydrogen-bond donors (Lipinski definition) is 0. The Kier molecular flexibility index (Phi) is 6.32. The standard InChI is InChI=1S/C21H23Cl2NO2S/c1-3-15(2)24(27(25,26)19-12-10-18(22)11-13-19)14-17-9-8-16-6-4-5-7-20(16)21(17)23/h4-7,10-13,15H,3,8-9,14H2,1-2H3. The van der Waals surface area contributed by atoms with Crippen LogP contribution in [0.1, 0.15) is 37.8 Å². The van der Waals surface area contributed by atoms with Gasteiger partial charge in [-0.15, -0.1) is 0 Å². The van der Waals surface area contributed by atoms with Crippen LogP contribution in [-0.2, 0) is 16.4 Å². The van der Waals surface area contributed by atoms with E-state index >= 15 is 0 Å². The Hall–Kier alpha value is -1.33. The van der Waals surface area contributed by atoms with Crippen molar-refractivity contribution in [2.24, 2.45) is 0 Å². The van der Waals surface area contributed by atoms with Gasteiger partial charge < -0.3 is 0 Å². The number of aryl methyl sites for hydroxylation is 1. The largest absolute Gasteiger partial charge is 0.243 e. The molecule has 1 aliphatic rings. The van der Waals surface area contributed by atoms with E-state index in [0.29, 0.717) is 23.0 Å². The van der Waals surface area contributed by atoms with Crippen LogP contribution < -0.4 is 0 Å². The molecule has 0 radical (unpaired) electrons. The van der Waals surface area contributed by atoms with Crippen molar-refractivity contribution in [3.63, 3.8) is 0 Å². The summed E-state index contributed by atoms with van der Waals surface area (Å²) in [5, 5.41) is 1.19. The Bertz CT molecular complexity index is 952. The Labute approximate surface area is 171 Å². The first-order chi connectivity index (χ1) is 12.8. The molecule has 0 aliphatic heterocycles. The molecular weight excluding hydrogens is 401 g/mol. The molecule has 0 fully saturated rings. The van der Waals surface area contributed by atoms with Gasteiger partial charge in [-0.25, -0.2) is 8.42 Å². The molecule has 0 heterocycles. The second-order valence-corrected chi connectivity index (χ2v) is 9.54. The van der Waals surface area contributed by atoms with Crippen LogP contribution >= 0.6 is 23.2 Å². The van der Waals surface area contributed by atoms with Crippen molar-refractivity contribution in [2.45, 2.75) is 44.0 Å². The lowest BCUT2D eigenvalue weighted by atomic mass is 9.92. The molecule has 2 aromatic rings. The Morgan fingerprint density at radius 2 is 1.70 bits per heavy atom. The van der Waals surface area contributed by atoms with E-state index in [1.807, 2.05) is 32.0 Å². The number of hydrogen-bond acceptors (Lipinski definition) is 2. The topological polar surface area (TPSA) is 37.4 Å². The molecule has 0 amide bonds. The van der Waals surface area contributed by atoms with Crippen LogP contribution in [0.15, 0.2) is 59.0 Å². The zero-order valence-electron chi connectivity index (χ0n) is 15.5. The first-order valence-electron chi connectivity index (χ1n) is 9.07. The SMILES string of the molecule is CCC(C)N(CC1=C(Cl)c2ccccc2CC1)S(=O)(=O)c1ccc(Cl)cc1. The lowest BCUT2D eigenvalue weighted by Gasteiger charge is -2.30. The lowest BCUT2D eigenvalue weighted by molar-refractivity contribution is 0.346. The Morgan fingerprint density at radius 1 is 1.04 bits per heavy atom. The highest BCUT2D eigenvalue weighted by molar-refractivity contribution is 7.89. The van der Waals surface area contributed by atoms with E-state index in [2.05, 4.69) is 6.07 Å². The monoisotopic (exact) mass is 423 g/mol. The molecule has 6 heteroatoms. The molecular formula is C21H23Cl2NO2S. The summed E-state index contributed by atoms with van der Waals surface area (Å²) in [7, 11) is -3.65. The number of halogens is 2. The second-order valence-electron chi connectivity index (χ2n) is 6.84. The summed E-state index contributed by atoms with van der Waals surface area (Å²) in [5.41, 5.74) is 3.18. The van der Waals surface area contributed by atoms with E-state index in [-0.39, 0.29) is 10.9 Å². The van der Waals surface area contributed by atoms with Crippen LogP contribution in [0.3, 0.4) is 0 Å². The summed E-state index contributed by atoms with van der Waals surface area (Å²) >= 11 is 12.6. The van der Waals surface area contributed by atoms with Gasteiger partial charge >= 0.3 is 0 Å². The first-order valence-corrected chi connectivity index (χ1v) is 11.3. The highest BCUT2D eigenvalue weighted by atomic mass is 35.5. The van der Waals surface area contributed by atoms with Gasteiger partial charge in [0.05, 0.1) is 4.90 Å². The summed E-state index contributed by atoms with van der Waals surface area (Å²) in [6.07, 6.45) is 2.35. The number of benzene rings is 2. The number of rotatable bonds is 6. The normalized spacial score (nSPS) is 15.7. The van der Waals surface area contributed by atoms with Gasteiger partial charge in [-0.2, -0.15) is 4.31 Å². The number of sulfonamides is 1. The second kappa shape index (κ2) is 8.36. The minimum atomic E-state index is -3.65. The molecule has 0 saturated heterocycles. The molecule has 144 valence electrons. The van der Waals surface area contributed by atoms with Crippen molar-refractivity contribution >= 4 is 38.3 Å². The summed E-state index contributed by atoms with van der Waals surface area (Å²) in [6.45, 7) is 4.22. The third-order valence-corrected chi connectivity index (χ3v) is 7.81. The lowest BCUT2D eigenvalue weighted by Crippen LogP contribution is -2.40. The molecule has 0 aromatic heterocycles. The van der Waals surface area contributed by atoms with E-state index in [1.54, 1.807) is 28.6 Å². The molecule has 3 nitrogen and oxygen atoms in total. The summed E-state index contributed by atoms with van der Waals surface area (Å²) < 4.78 is 28.1. The van der Waals surface area contributed by atoms with Gasteiger partial charge in [0.15, 0.2) is 0 Å². The minimum absolute atomic E-state index is 0.139. The van der Waals surface area contributed by atoms with Crippen LogP contribution in [0.4, 0.5) is 0 Å². The van der Waals surface area contributed by atoms with Crippen molar-refractivity contribution in [1.82, 2.24) is 4.31 Å². The smallest absolute Gasteiger partial charge is 0.207 e. The molecule has 0 bridgehead atoms. The number of nitrogens with zero attached hydrogens (tertiary/aromatic N) is 1. The molecule has 0 N–H and O–H groups in total. The van der Waals surface area contributed by atoms with Gasteiger partial charge in [0, 0.05) is 22.6 Å². The van der Waals surface area contributed by atoms with E-state index in [0.717, 1.165) is 24.0 Å². The van der Waals surface area contributed by atoms with Gasteiger partial charge in [0.2, 0.25) is 10.0 Å². The molecule has 3 rings (SSSR count). The summed E-state index contributed by atoms with van der Waals surface area (Å²) in [6, 6.07) is 14.2. The minimum Gasteiger partial charge on any atom is -0.207 e. The summed E-state index contributed by atoms with van der Waals surface area (Å²) in [4.78, 5) is 0.250. The highest BCUT2D eigenvalue weighted by Gasteiger charge is 2.30. The van der Waals surface area contributed by atoms with Crippen LogP contribution in [0.5, 0.6) is 0 Å². The third-order valence-electron chi connectivity index (χ3n) is 5.11. The van der Waals surface area contributed by atoms with Gasteiger partial charge in [-0.05, 0) is 67.2 Å². The quantitative estimate of drug-likeness (QED) is 0.594. The Morgan fingerprint density at radius 3 is 2.37 bits per heavy atom. The van der Waals surface area contributed by atoms with Gasteiger partial charge in [-0.3, -0.25) is 0 Å². The van der Waals surface area contributed by atoms with Crippen LogP contribution in [0, 0.1) is 0 Å². The average Bonchev–Trinajstić information content (AvgIpc) is 2.67. The molecule has 1 atom stereocenters. The van der Waals surface area contributed by atoms with E-state index in [4.69, 9.17) is 23.2 Å². The van der Waals surface area contributed by atoms with Crippen molar-refractivity contribution in [3.8, 4) is 0 Å². The van der Waals surface area contributed by atoms with Gasteiger partial charge in [-0.1, -0.05) is 54.4 Å².